The van der Waals surface area contributed by atoms with Crippen LogP contribution >= 0.6 is 0 Å². The Morgan fingerprint density at radius 1 is 1.18 bits per heavy atom. The molecule has 0 saturated carbocycles. The molecule has 2 aromatic rings. The molecule has 0 radical (unpaired) electrons. The van der Waals surface area contributed by atoms with E-state index in [2.05, 4.69) is 16.6 Å². The van der Waals surface area contributed by atoms with E-state index in [0.717, 1.165) is 18.5 Å². The lowest BCUT2D eigenvalue weighted by molar-refractivity contribution is 0.309. The summed E-state index contributed by atoms with van der Waals surface area (Å²) < 4.78 is 32.7. The molecule has 0 amide bonds. The number of hydrogen-bond acceptors (Lipinski definition) is 4. The van der Waals surface area contributed by atoms with E-state index in [-0.39, 0.29) is 4.90 Å². The lowest BCUT2D eigenvalue weighted by Gasteiger charge is -2.10. The molecule has 0 atom stereocenters. The van der Waals surface area contributed by atoms with Crippen LogP contribution in [0.1, 0.15) is 25.5 Å². The van der Waals surface area contributed by atoms with Crippen molar-refractivity contribution in [1.29, 1.82) is 0 Å². The van der Waals surface area contributed by atoms with Gasteiger partial charge in [-0.15, -0.1) is 0 Å². The second kappa shape index (κ2) is 7.26. The smallest absolute Gasteiger partial charge is 0.261 e. The van der Waals surface area contributed by atoms with Crippen LogP contribution < -0.4 is 9.46 Å². The van der Waals surface area contributed by atoms with Gasteiger partial charge in [0, 0.05) is 11.9 Å². The Labute approximate surface area is 131 Å². The molecule has 1 aromatic carbocycles. The third-order valence-electron chi connectivity index (χ3n) is 3.05. The van der Waals surface area contributed by atoms with E-state index in [1.54, 1.807) is 37.4 Å². The molecule has 0 aliphatic heterocycles. The normalized spacial score (nSPS) is 11.2. The van der Waals surface area contributed by atoms with Crippen molar-refractivity contribution in [2.45, 2.75) is 31.6 Å². The molecule has 22 heavy (non-hydrogen) atoms. The molecular formula is C16H20N2O3S. The van der Waals surface area contributed by atoms with E-state index in [4.69, 9.17) is 4.74 Å². The monoisotopic (exact) mass is 320 g/mol. The minimum Gasteiger partial charge on any atom is -0.494 e. The summed E-state index contributed by atoms with van der Waals surface area (Å²) in [5.41, 5.74) is 1.25. The number of unbranched alkanes of at least 4 members (excludes halogenated alkanes) is 1. The summed E-state index contributed by atoms with van der Waals surface area (Å²) in [6, 6.07) is 9.71. The number of benzene rings is 1. The van der Waals surface area contributed by atoms with Gasteiger partial charge in [0.1, 0.15) is 5.75 Å². The number of anilines is 1. The van der Waals surface area contributed by atoms with Crippen LogP contribution in [0.15, 0.2) is 47.5 Å². The van der Waals surface area contributed by atoms with Crippen LogP contribution in [-0.2, 0) is 10.0 Å². The second-order valence-electron chi connectivity index (χ2n) is 4.96. The van der Waals surface area contributed by atoms with Crippen LogP contribution in [0.4, 0.5) is 5.69 Å². The van der Waals surface area contributed by atoms with Gasteiger partial charge in [-0.25, -0.2) is 8.42 Å². The van der Waals surface area contributed by atoms with E-state index in [1.807, 2.05) is 0 Å². The van der Waals surface area contributed by atoms with Crippen molar-refractivity contribution in [3.63, 3.8) is 0 Å². The fourth-order valence-electron chi connectivity index (χ4n) is 1.87. The molecule has 118 valence electrons. The molecule has 2 rings (SSSR count). The first-order valence-electron chi connectivity index (χ1n) is 7.19. The Kier molecular flexibility index (Phi) is 5.38. The number of nitrogens with zero attached hydrogens (tertiary/aromatic N) is 1. The van der Waals surface area contributed by atoms with Crippen LogP contribution in [0.2, 0.25) is 0 Å². The largest absolute Gasteiger partial charge is 0.494 e. The zero-order valence-electron chi connectivity index (χ0n) is 12.7. The Morgan fingerprint density at radius 2 is 1.91 bits per heavy atom. The van der Waals surface area contributed by atoms with E-state index in [9.17, 15) is 8.42 Å². The summed E-state index contributed by atoms with van der Waals surface area (Å²) in [6.45, 7) is 4.53. The van der Waals surface area contributed by atoms with Gasteiger partial charge < -0.3 is 4.74 Å². The van der Waals surface area contributed by atoms with Crippen molar-refractivity contribution < 1.29 is 13.2 Å². The van der Waals surface area contributed by atoms with Crippen molar-refractivity contribution >= 4 is 15.7 Å². The van der Waals surface area contributed by atoms with Crippen molar-refractivity contribution in [2.24, 2.45) is 0 Å². The predicted octanol–water partition coefficient (Wildman–Crippen LogP) is 3.37. The topological polar surface area (TPSA) is 68.3 Å². The van der Waals surface area contributed by atoms with Gasteiger partial charge in [0.2, 0.25) is 0 Å². The molecule has 0 saturated heterocycles. The summed E-state index contributed by atoms with van der Waals surface area (Å²) in [5.74, 6) is 0.673. The molecule has 0 aliphatic rings. The highest BCUT2D eigenvalue weighted by atomic mass is 32.2. The highest BCUT2D eigenvalue weighted by Crippen LogP contribution is 2.19. The average molecular weight is 320 g/mol. The Balaban J connectivity index is 2.09. The van der Waals surface area contributed by atoms with Gasteiger partial charge in [0.25, 0.3) is 10.0 Å². The number of sulfonamides is 1. The second-order valence-corrected chi connectivity index (χ2v) is 6.65. The molecule has 0 aliphatic carbocycles. The van der Waals surface area contributed by atoms with E-state index < -0.39 is 10.0 Å². The minimum atomic E-state index is -3.61. The highest BCUT2D eigenvalue weighted by Gasteiger charge is 2.14. The lowest BCUT2D eigenvalue weighted by Crippen LogP contribution is -2.13. The molecule has 0 unspecified atom stereocenters. The van der Waals surface area contributed by atoms with Crippen molar-refractivity contribution in [1.82, 2.24) is 4.98 Å². The standard InChI is InChI=1S/C16H20N2O3S/c1-3-4-11-21-15-5-7-16(8-6-15)22(19,20)18-14-9-10-17-13(2)12-14/h5-10,12H,3-4,11H2,1-2H3,(H,17,18). The number of rotatable bonds is 7. The number of ether oxygens (including phenoxy) is 1. The quantitative estimate of drug-likeness (QED) is 0.794. The Hall–Kier alpha value is -2.08. The van der Waals surface area contributed by atoms with Crippen LogP contribution in [-0.4, -0.2) is 20.0 Å². The maximum absolute atomic E-state index is 12.3. The molecule has 0 fully saturated rings. The first-order valence-corrected chi connectivity index (χ1v) is 8.68. The SMILES string of the molecule is CCCCOc1ccc(S(=O)(=O)Nc2ccnc(C)c2)cc1. The first-order chi connectivity index (χ1) is 10.5. The van der Waals surface area contributed by atoms with Gasteiger partial charge >= 0.3 is 0 Å². The van der Waals surface area contributed by atoms with Crippen LogP contribution in [0.3, 0.4) is 0 Å². The minimum absolute atomic E-state index is 0.199. The number of hydrogen-bond donors (Lipinski definition) is 1. The van der Waals surface area contributed by atoms with E-state index in [0.29, 0.717) is 18.0 Å². The zero-order valence-corrected chi connectivity index (χ0v) is 13.6. The summed E-state index contributed by atoms with van der Waals surface area (Å²) in [4.78, 5) is 4.24. The van der Waals surface area contributed by atoms with Crippen molar-refractivity contribution in [3.8, 4) is 5.75 Å². The number of aryl methyl sites for hydroxylation is 1. The highest BCUT2D eigenvalue weighted by molar-refractivity contribution is 7.92. The molecule has 0 bridgehead atoms. The van der Waals surface area contributed by atoms with Gasteiger partial charge in [-0.05, 0) is 49.7 Å². The first kappa shape index (κ1) is 16.3. The van der Waals surface area contributed by atoms with Gasteiger partial charge in [-0.2, -0.15) is 0 Å². The van der Waals surface area contributed by atoms with Crippen LogP contribution in [0, 0.1) is 6.92 Å². The van der Waals surface area contributed by atoms with Gasteiger partial charge in [-0.3, -0.25) is 9.71 Å². The summed E-state index contributed by atoms with van der Waals surface area (Å²) in [5, 5.41) is 0. The number of pyridine rings is 1. The molecule has 5 nitrogen and oxygen atoms in total. The molecular weight excluding hydrogens is 300 g/mol. The Morgan fingerprint density at radius 3 is 2.55 bits per heavy atom. The van der Waals surface area contributed by atoms with Gasteiger partial charge in [0.15, 0.2) is 0 Å². The molecule has 1 aromatic heterocycles. The van der Waals surface area contributed by atoms with E-state index >= 15 is 0 Å². The maximum atomic E-state index is 12.3. The fourth-order valence-corrected chi connectivity index (χ4v) is 2.92. The number of nitrogens with one attached hydrogen (secondary N) is 1. The zero-order chi connectivity index (χ0) is 16.0. The van der Waals surface area contributed by atoms with Gasteiger partial charge in [-0.1, -0.05) is 13.3 Å². The predicted molar refractivity (Wildman–Crippen MR) is 86.6 cm³/mol. The average Bonchev–Trinajstić information content (AvgIpc) is 2.47. The molecule has 6 heteroatoms. The third kappa shape index (κ3) is 4.46. The maximum Gasteiger partial charge on any atom is 0.261 e. The summed E-state index contributed by atoms with van der Waals surface area (Å²) in [6.07, 6.45) is 3.60. The Bertz CT molecular complexity index is 712. The summed E-state index contributed by atoms with van der Waals surface area (Å²) >= 11 is 0. The van der Waals surface area contributed by atoms with Crippen molar-refractivity contribution in [3.05, 3.63) is 48.3 Å². The van der Waals surface area contributed by atoms with Crippen LogP contribution in [0.25, 0.3) is 0 Å². The molecule has 1 heterocycles. The third-order valence-corrected chi connectivity index (χ3v) is 4.45. The molecule has 0 spiro atoms. The fraction of sp³-hybridized carbons (Fsp3) is 0.312. The van der Waals surface area contributed by atoms with E-state index in [1.165, 1.54) is 12.1 Å². The van der Waals surface area contributed by atoms with Crippen molar-refractivity contribution in [2.75, 3.05) is 11.3 Å². The molecule has 1 N–H and O–H groups in total. The number of aromatic nitrogens is 1. The summed E-state index contributed by atoms with van der Waals surface area (Å²) in [7, 11) is -3.61. The van der Waals surface area contributed by atoms with Crippen LogP contribution in [0.5, 0.6) is 5.75 Å². The lowest BCUT2D eigenvalue weighted by atomic mass is 10.3. The van der Waals surface area contributed by atoms with Gasteiger partial charge in [0.05, 0.1) is 17.2 Å².